The second kappa shape index (κ2) is 4.78. The van der Waals surface area contributed by atoms with Crippen molar-refractivity contribution in [3.05, 3.63) is 57.9 Å². The molecule has 3 rings (SSSR count). The SMILES string of the molecule is Cc1ccc([N+](=O)[O-])cc1-c1ncc2ccc(C=O)n2n1. The van der Waals surface area contributed by atoms with Crippen molar-refractivity contribution in [2.75, 3.05) is 0 Å². The van der Waals surface area contributed by atoms with Crippen LogP contribution in [0.1, 0.15) is 16.1 Å². The van der Waals surface area contributed by atoms with Crippen LogP contribution in [0.15, 0.2) is 36.5 Å². The number of non-ortho nitro benzene ring substituents is 1. The fourth-order valence-corrected chi connectivity index (χ4v) is 2.10. The summed E-state index contributed by atoms with van der Waals surface area (Å²) < 4.78 is 1.47. The third kappa shape index (κ3) is 2.14. The van der Waals surface area contributed by atoms with Gasteiger partial charge in [-0.25, -0.2) is 9.50 Å². The molecular weight excluding hydrogens is 272 g/mol. The van der Waals surface area contributed by atoms with Gasteiger partial charge in [0.1, 0.15) is 5.69 Å². The highest BCUT2D eigenvalue weighted by Gasteiger charge is 2.13. The number of aryl methyl sites for hydroxylation is 1. The largest absolute Gasteiger partial charge is 0.296 e. The van der Waals surface area contributed by atoms with Crippen LogP contribution < -0.4 is 0 Å². The Kier molecular flexibility index (Phi) is 2.94. The molecule has 0 aliphatic heterocycles. The van der Waals surface area contributed by atoms with Gasteiger partial charge in [0.15, 0.2) is 12.1 Å². The Morgan fingerprint density at radius 1 is 1.29 bits per heavy atom. The number of rotatable bonds is 3. The van der Waals surface area contributed by atoms with Crippen molar-refractivity contribution in [1.29, 1.82) is 0 Å². The van der Waals surface area contributed by atoms with Crippen LogP contribution in [0.4, 0.5) is 5.69 Å². The first-order valence-electron chi connectivity index (χ1n) is 6.15. The Labute approximate surface area is 119 Å². The topological polar surface area (TPSA) is 90.4 Å². The van der Waals surface area contributed by atoms with Crippen LogP contribution in [0, 0.1) is 17.0 Å². The van der Waals surface area contributed by atoms with Gasteiger partial charge in [-0.15, -0.1) is 5.10 Å². The van der Waals surface area contributed by atoms with Crippen LogP contribution in [0.5, 0.6) is 0 Å². The van der Waals surface area contributed by atoms with Gasteiger partial charge in [0.05, 0.1) is 16.6 Å². The summed E-state index contributed by atoms with van der Waals surface area (Å²) in [6, 6.07) is 7.89. The number of aromatic nitrogens is 3. The average Bonchev–Trinajstić information content (AvgIpc) is 2.89. The van der Waals surface area contributed by atoms with Crippen molar-refractivity contribution in [2.45, 2.75) is 6.92 Å². The Morgan fingerprint density at radius 3 is 2.81 bits per heavy atom. The lowest BCUT2D eigenvalue weighted by Gasteiger charge is -2.05. The van der Waals surface area contributed by atoms with Gasteiger partial charge >= 0.3 is 0 Å². The lowest BCUT2D eigenvalue weighted by molar-refractivity contribution is -0.384. The summed E-state index contributed by atoms with van der Waals surface area (Å²) in [4.78, 5) is 25.6. The van der Waals surface area contributed by atoms with Gasteiger partial charge in [-0.2, -0.15) is 0 Å². The van der Waals surface area contributed by atoms with Gasteiger partial charge in [-0.3, -0.25) is 14.9 Å². The Morgan fingerprint density at radius 2 is 2.10 bits per heavy atom. The molecule has 0 bridgehead atoms. The summed E-state index contributed by atoms with van der Waals surface area (Å²) in [6.07, 6.45) is 2.28. The maximum atomic E-state index is 11.0. The third-order valence-electron chi connectivity index (χ3n) is 3.22. The maximum absolute atomic E-state index is 11.0. The standard InChI is InChI=1S/C14H10N4O3/c1-9-2-3-10(18(20)21)6-13(9)14-15-7-11-4-5-12(8-19)17(11)16-14/h2-8H,1H3. The van der Waals surface area contributed by atoms with Crippen LogP contribution in [-0.2, 0) is 0 Å². The predicted octanol–water partition coefficient (Wildman–Crippen LogP) is 2.43. The number of carbonyl (C=O) groups is 1. The average molecular weight is 282 g/mol. The summed E-state index contributed by atoms with van der Waals surface area (Å²) >= 11 is 0. The molecule has 21 heavy (non-hydrogen) atoms. The molecule has 3 aromatic rings. The minimum absolute atomic E-state index is 0.0255. The molecular formula is C14H10N4O3. The summed E-state index contributed by atoms with van der Waals surface area (Å²) in [7, 11) is 0. The summed E-state index contributed by atoms with van der Waals surface area (Å²) in [5.74, 6) is 0.336. The van der Waals surface area contributed by atoms with Crippen molar-refractivity contribution in [3.63, 3.8) is 0 Å². The smallest absolute Gasteiger partial charge is 0.270 e. The number of hydrogen-bond donors (Lipinski definition) is 0. The molecule has 7 heteroatoms. The second-order valence-electron chi connectivity index (χ2n) is 4.55. The molecule has 2 heterocycles. The van der Waals surface area contributed by atoms with Crippen LogP contribution in [-0.4, -0.2) is 25.8 Å². The predicted molar refractivity (Wildman–Crippen MR) is 75.2 cm³/mol. The number of benzene rings is 1. The van der Waals surface area contributed by atoms with E-state index in [1.165, 1.54) is 16.6 Å². The molecule has 0 radical (unpaired) electrons. The van der Waals surface area contributed by atoms with E-state index in [9.17, 15) is 14.9 Å². The number of aldehydes is 1. The fourth-order valence-electron chi connectivity index (χ4n) is 2.10. The van der Waals surface area contributed by atoms with Gasteiger partial charge in [-0.05, 0) is 24.6 Å². The van der Waals surface area contributed by atoms with Crippen molar-refractivity contribution in [2.24, 2.45) is 0 Å². The van der Waals surface area contributed by atoms with Crippen LogP contribution in [0.2, 0.25) is 0 Å². The van der Waals surface area contributed by atoms with E-state index in [0.717, 1.165) is 5.56 Å². The maximum Gasteiger partial charge on any atom is 0.270 e. The fraction of sp³-hybridized carbons (Fsp3) is 0.0714. The highest BCUT2D eigenvalue weighted by Crippen LogP contribution is 2.25. The first kappa shape index (κ1) is 12.9. The third-order valence-corrected chi connectivity index (χ3v) is 3.22. The zero-order valence-corrected chi connectivity index (χ0v) is 11.1. The summed E-state index contributed by atoms with van der Waals surface area (Å²) in [6.45, 7) is 1.82. The number of hydrogen-bond acceptors (Lipinski definition) is 5. The van der Waals surface area contributed by atoms with Gasteiger partial charge in [0.25, 0.3) is 5.69 Å². The first-order chi connectivity index (χ1) is 10.1. The molecule has 2 aromatic heterocycles. The molecule has 0 unspecified atom stereocenters. The molecule has 0 aliphatic rings. The second-order valence-corrected chi connectivity index (χ2v) is 4.55. The number of carbonyl (C=O) groups excluding carboxylic acids is 1. The zero-order valence-electron chi connectivity index (χ0n) is 11.1. The lowest BCUT2D eigenvalue weighted by Crippen LogP contribution is -2.01. The highest BCUT2D eigenvalue weighted by atomic mass is 16.6. The molecule has 0 fully saturated rings. The van der Waals surface area contributed by atoms with E-state index >= 15 is 0 Å². The summed E-state index contributed by atoms with van der Waals surface area (Å²) in [5.41, 5.74) is 2.44. The first-order valence-corrected chi connectivity index (χ1v) is 6.15. The van der Waals surface area contributed by atoms with E-state index in [4.69, 9.17) is 0 Å². The van der Waals surface area contributed by atoms with E-state index in [1.807, 2.05) is 6.92 Å². The number of fused-ring (bicyclic) bond motifs is 1. The lowest BCUT2D eigenvalue weighted by atomic mass is 10.1. The van der Waals surface area contributed by atoms with Gasteiger partial charge in [0, 0.05) is 17.7 Å². The normalized spacial score (nSPS) is 10.7. The zero-order chi connectivity index (χ0) is 15.0. The van der Waals surface area contributed by atoms with Crippen molar-refractivity contribution >= 4 is 17.5 Å². The minimum Gasteiger partial charge on any atom is -0.296 e. The van der Waals surface area contributed by atoms with E-state index in [-0.39, 0.29) is 5.69 Å². The van der Waals surface area contributed by atoms with Gasteiger partial charge < -0.3 is 0 Å². The number of nitrogens with zero attached hydrogens (tertiary/aromatic N) is 4. The highest BCUT2D eigenvalue weighted by molar-refractivity contribution is 5.75. The molecule has 0 saturated heterocycles. The molecule has 0 amide bonds. The molecule has 0 aliphatic carbocycles. The Bertz CT molecular complexity index is 870. The van der Waals surface area contributed by atoms with E-state index in [0.29, 0.717) is 28.9 Å². The number of nitro benzene ring substituents is 1. The molecule has 0 N–H and O–H groups in total. The van der Waals surface area contributed by atoms with Crippen LogP contribution in [0.25, 0.3) is 16.9 Å². The van der Waals surface area contributed by atoms with E-state index < -0.39 is 4.92 Å². The molecule has 1 aromatic carbocycles. The molecule has 0 spiro atoms. The Balaban J connectivity index is 2.22. The number of nitro groups is 1. The summed E-state index contributed by atoms with van der Waals surface area (Å²) in [5, 5.41) is 15.2. The quantitative estimate of drug-likeness (QED) is 0.418. The minimum atomic E-state index is -0.464. The van der Waals surface area contributed by atoms with Crippen molar-refractivity contribution in [1.82, 2.24) is 14.6 Å². The molecule has 104 valence electrons. The molecule has 0 saturated carbocycles. The van der Waals surface area contributed by atoms with Gasteiger partial charge in [-0.1, -0.05) is 6.07 Å². The van der Waals surface area contributed by atoms with E-state index in [2.05, 4.69) is 10.1 Å². The van der Waals surface area contributed by atoms with Gasteiger partial charge in [0.2, 0.25) is 0 Å². The Hall–Kier alpha value is -3.09. The van der Waals surface area contributed by atoms with Crippen LogP contribution >= 0.6 is 0 Å². The molecule has 0 atom stereocenters. The van der Waals surface area contributed by atoms with Crippen molar-refractivity contribution in [3.8, 4) is 11.4 Å². The van der Waals surface area contributed by atoms with Crippen LogP contribution in [0.3, 0.4) is 0 Å². The molecule has 7 nitrogen and oxygen atoms in total. The van der Waals surface area contributed by atoms with Crippen molar-refractivity contribution < 1.29 is 9.72 Å². The monoisotopic (exact) mass is 282 g/mol. The van der Waals surface area contributed by atoms with E-state index in [1.54, 1.807) is 24.4 Å².